The number of rotatable bonds is 4. The fourth-order valence-corrected chi connectivity index (χ4v) is 1.99. The molecule has 2 amide bonds. The third kappa shape index (κ3) is 4.06. The second kappa shape index (κ2) is 5.97. The van der Waals surface area contributed by atoms with Crippen molar-refractivity contribution < 1.29 is 14.3 Å². The van der Waals surface area contributed by atoms with E-state index in [-0.39, 0.29) is 6.54 Å². The number of urea groups is 1. The van der Waals surface area contributed by atoms with Crippen molar-refractivity contribution in [2.45, 2.75) is 26.4 Å². The molecular weight excluding hydrogens is 270 g/mol. The number of aliphatic hydroxyl groups is 1. The van der Waals surface area contributed by atoms with Crippen molar-refractivity contribution in [3.63, 3.8) is 0 Å². The topological polar surface area (TPSA) is 87.4 Å². The van der Waals surface area contributed by atoms with Crippen LogP contribution in [0.2, 0.25) is 0 Å². The summed E-state index contributed by atoms with van der Waals surface area (Å²) in [6, 6.07) is 6.61. The van der Waals surface area contributed by atoms with Crippen molar-refractivity contribution in [2.75, 3.05) is 11.9 Å². The molecule has 2 heterocycles. The van der Waals surface area contributed by atoms with Gasteiger partial charge >= 0.3 is 6.03 Å². The van der Waals surface area contributed by atoms with Gasteiger partial charge in [0, 0.05) is 5.69 Å². The average Bonchev–Trinajstić information content (AvgIpc) is 2.89. The first kappa shape index (κ1) is 15.1. The Balaban J connectivity index is 1.93. The molecule has 2 aromatic rings. The average molecular weight is 289 g/mol. The fraction of sp³-hybridized carbons (Fsp3) is 0.333. The first-order valence-corrected chi connectivity index (χ1v) is 6.63. The van der Waals surface area contributed by atoms with Crippen molar-refractivity contribution in [1.29, 1.82) is 0 Å². The summed E-state index contributed by atoms with van der Waals surface area (Å²) in [5.41, 5.74) is 0.574. The van der Waals surface area contributed by atoms with Crippen molar-refractivity contribution in [3.05, 3.63) is 47.5 Å². The van der Waals surface area contributed by atoms with Gasteiger partial charge in [-0.2, -0.15) is 0 Å². The van der Waals surface area contributed by atoms with Crippen LogP contribution in [0.1, 0.15) is 23.9 Å². The molecule has 0 radical (unpaired) electrons. The van der Waals surface area contributed by atoms with E-state index in [9.17, 15) is 9.90 Å². The van der Waals surface area contributed by atoms with Gasteiger partial charge in [-0.3, -0.25) is 5.32 Å². The molecule has 0 unspecified atom stereocenters. The predicted molar refractivity (Wildman–Crippen MR) is 79.0 cm³/mol. The van der Waals surface area contributed by atoms with E-state index in [0.717, 1.165) is 11.3 Å². The van der Waals surface area contributed by atoms with Crippen LogP contribution in [0.5, 0.6) is 0 Å². The number of carbonyl (C=O) groups excluding carboxylic acids is 1. The lowest BCUT2D eigenvalue weighted by Gasteiger charge is -2.21. The monoisotopic (exact) mass is 289 g/mol. The Morgan fingerprint density at radius 3 is 2.81 bits per heavy atom. The smallest absolute Gasteiger partial charge is 0.320 e. The Morgan fingerprint density at radius 1 is 1.43 bits per heavy atom. The van der Waals surface area contributed by atoms with Crippen LogP contribution in [-0.4, -0.2) is 22.7 Å². The van der Waals surface area contributed by atoms with Crippen LogP contribution in [0.15, 0.2) is 34.9 Å². The SMILES string of the molecule is Cc1cc(C)nc(NC(=O)NC[C@](C)(O)c2ccco2)c1. The molecule has 6 heteroatoms. The minimum absolute atomic E-state index is 0.0249. The predicted octanol–water partition coefficient (Wildman–Crippen LogP) is 2.32. The Morgan fingerprint density at radius 2 is 2.19 bits per heavy atom. The summed E-state index contributed by atoms with van der Waals surface area (Å²) >= 11 is 0. The number of anilines is 1. The summed E-state index contributed by atoms with van der Waals surface area (Å²) in [6.45, 7) is 5.38. The number of aromatic nitrogens is 1. The Bertz CT molecular complexity index is 601. The van der Waals surface area contributed by atoms with Gasteiger partial charge in [-0.05, 0) is 50.6 Å². The molecule has 0 bridgehead atoms. The van der Waals surface area contributed by atoms with Gasteiger partial charge in [0.25, 0.3) is 0 Å². The van der Waals surface area contributed by atoms with Crippen LogP contribution in [-0.2, 0) is 5.60 Å². The van der Waals surface area contributed by atoms with Gasteiger partial charge < -0.3 is 14.8 Å². The van der Waals surface area contributed by atoms with Crippen molar-refractivity contribution in [2.24, 2.45) is 0 Å². The third-order valence-electron chi connectivity index (χ3n) is 2.98. The van der Waals surface area contributed by atoms with Gasteiger partial charge in [0.15, 0.2) is 0 Å². The van der Waals surface area contributed by atoms with Crippen molar-refractivity contribution in [1.82, 2.24) is 10.3 Å². The molecule has 0 fully saturated rings. The summed E-state index contributed by atoms with van der Waals surface area (Å²) in [5.74, 6) is 0.870. The van der Waals surface area contributed by atoms with Crippen molar-refractivity contribution in [3.8, 4) is 0 Å². The molecule has 0 aliphatic carbocycles. The van der Waals surface area contributed by atoms with Gasteiger partial charge in [-0.25, -0.2) is 9.78 Å². The molecule has 21 heavy (non-hydrogen) atoms. The van der Waals surface area contributed by atoms with Crippen LogP contribution in [0.4, 0.5) is 10.6 Å². The lowest BCUT2D eigenvalue weighted by molar-refractivity contribution is 0.0372. The van der Waals surface area contributed by atoms with E-state index in [1.54, 1.807) is 25.1 Å². The Kier molecular flexibility index (Phi) is 4.28. The highest BCUT2D eigenvalue weighted by atomic mass is 16.4. The molecule has 6 nitrogen and oxygen atoms in total. The van der Waals surface area contributed by atoms with Gasteiger partial charge in [0.2, 0.25) is 0 Å². The summed E-state index contributed by atoms with van der Waals surface area (Å²) in [7, 11) is 0. The van der Waals surface area contributed by atoms with E-state index in [2.05, 4.69) is 15.6 Å². The van der Waals surface area contributed by atoms with Crippen LogP contribution in [0.3, 0.4) is 0 Å². The molecular formula is C15H19N3O3. The zero-order valence-electron chi connectivity index (χ0n) is 12.3. The maximum Gasteiger partial charge on any atom is 0.320 e. The molecule has 0 saturated heterocycles. The molecule has 2 rings (SSSR count). The number of hydrogen-bond acceptors (Lipinski definition) is 4. The van der Waals surface area contributed by atoms with E-state index in [4.69, 9.17) is 4.42 Å². The molecule has 0 aliphatic heterocycles. The second-order valence-corrected chi connectivity index (χ2v) is 5.23. The maximum atomic E-state index is 11.8. The normalized spacial score (nSPS) is 13.5. The minimum Gasteiger partial charge on any atom is -0.466 e. The maximum absolute atomic E-state index is 11.8. The van der Waals surface area contributed by atoms with Crippen LogP contribution >= 0.6 is 0 Å². The molecule has 0 aromatic carbocycles. The fourth-order valence-electron chi connectivity index (χ4n) is 1.99. The quantitative estimate of drug-likeness (QED) is 0.806. The number of nitrogens with zero attached hydrogens (tertiary/aromatic N) is 1. The molecule has 0 saturated carbocycles. The number of nitrogens with one attached hydrogen (secondary N) is 2. The lowest BCUT2D eigenvalue weighted by Crippen LogP contribution is -2.40. The van der Waals surface area contributed by atoms with Crippen LogP contribution in [0, 0.1) is 13.8 Å². The summed E-state index contributed by atoms with van der Waals surface area (Å²) in [6.07, 6.45) is 1.48. The Labute approximate surface area is 123 Å². The molecule has 3 N–H and O–H groups in total. The van der Waals surface area contributed by atoms with E-state index in [0.29, 0.717) is 11.6 Å². The highest BCUT2D eigenvalue weighted by molar-refractivity contribution is 5.88. The number of pyridine rings is 1. The van der Waals surface area contributed by atoms with Gasteiger partial charge in [-0.15, -0.1) is 0 Å². The molecule has 1 atom stereocenters. The number of carbonyl (C=O) groups is 1. The van der Waals surface area contributed by atoms with E-state index in [1.165, 1.54) is 6.26 Å². The third-order valence-corrected chi connectivity index (χ3v) is 2.98. The highest BCUT2D eigenvalue weighted by Crippen LogP contribution is 2.19. The van der Waals surface area contributed by atoms with Gasteiger partial charge in [0.05, 0.1) is 12.8 Å². The molecule has 0 spiro atoms. The number of hydrogen-bond donors (Lipinski definition) is 3. The zero-order chi connectivity index (χ0) is 15.5. The second-order valence-electron chi connectivity index (χ2n) is 5.23. The minimum atomic E-state index is -1.27. The lowest BCUT2D eigenvalue weighted by atomic mass is 10.0. The standard InChI is InChI=1S/C15H19N3O3/c1-10-7-11(2)17-13(8-10)18-14(19)16-9-15(3,20)12-5-4-6-21-12/h4-8,20H,9H2,1-3H3,(H2,16,17,18,19)/t15-/m0/s1. The number of furan rings is 1. The molecule has 112 valence electrons. The molecule has 0 aliphatic rings. The highest BCUT2D eigenvalue weighted by Gasteiger charge is 2.26. The van der Waals surface area contributed by atoms with Crippen LogP contribution in [0.25, 0.3) is 0 Å². The summed E-state index contributed by atoms with van der Waals surface area (Å²) in [4.78, 5) is 16.1. The Hall–Kier alpha value is -2.34. The van der Waals surface area contributed by atoms with E-state index >= 15 is 0 Å². The largest absolute Gasteiger partial charge is 0.466 e. The number of aryl methyl sites for hydroxylation is 2. The van der Waals surface area contributed by atoms with Crippen molar-refractivity contribution >= 4 is 11.8 Å². The van der Waals surface area contributed by atoms with E-state index in [1.807, 2.05) is 19.9 Å². The first-order chi connectivity index (χ1) is 9.87. The zero-order valence-corrected chi connectivity index (χ0v) is 12.3. The van der Waals surface area contributed by atoms with Crippen LogP contribution < -0.4 is 10.6 Å². The van der Waals surface area contributed by atoms with Gasteiger partial charge in [0.1, 0.15) is 17.2 Å². The van der Waals surface area contributed by atoms with Gasteiger partial charge in [-0.1, -0.05) is 0 Å². The van der Waals surface area contributed by atoms with E-state index < -0.39 is 11.6 Å². The summed E-state index contributed by atoms with van der Waals surface area (Å²) in [5, 5.41) is 15.5. The number of amides is 2. The first-order valence-electron chi connectivity index (χ1n) is 6.63. The molecule has 2 aromatic heterocycles. The summed E-state index contributed by atoms with van der Waals surface area (Å²) < 4.78 is 5.15.